The fraction of sp³-hybridized carbons (Fsp3) is 0.750. The van der Waals surface area contributed by atoms with Crippen molar-refractivity contribution in [2.45, 2.75) is 51.1 Å². The number of imidazole rings is 1. The molecule has 2 atom stereocenters. The SMILES string of the molecule is CCn1ccnc1C1CCCC(NC)C1. The second kappa shape index (κ2) is 4.79. The molecule has 1 heterocycles. The first-order valence-corrected chi connectivity index (χ1v) is 6.03. The molecule has 1 N–H and O–H groups in total. The summed E-state index contributed by atoms with van der Waals surface area (Å²) in [6, 6.07) is 0.686. The van der Waals surface area contributed by atoms with Gasteiger partial charge in [0.15, 0.2) is 0 Å². The van der Waals surface area contributed by atoms with Crippen molar-refractivity contribution in [1.29, 1.82) is 0 Å². The molecule has 1 fully saturated rings. The summed E-state index contributed by atoms with van der Waals surface area (Å²) in [5.41, 5.74) is 0. The van der Waals surface area contributed by atoms with Gasteiger partial charge >= 0.3 is 0 Å². The lowest BCUT2D eigenvalue weighted by Gasteiger charge is -2.28. The molecule has 0 aliphatic heterocycles. The van der Waals surface area contributed by atoms with Crippen molar-refractivity contribution >= 4 is 0 Å². The molecule has 0 radical (unpaired) electrons. The van der Waals surface area contributed by atoms with E-state index in [0.29, 0.717) is 12.0 Å². The molecule has 1 saturated carbocycles. The van der Waals surface area contributed by atoms with Gasteiger partial charge in [0.1, 0.15) is 5.82 Å². The van der Waals surface area contributed by atoms with E-state index in [-0.39, 0.29) is 0 Å². The molecular weight excluding hydrogens is 186 g/mol. The van der Waals surface area contributed by atoms with Crippen LogP contribution >= 0.6 is 0 Å². The molecule has 0 saturated heterocycles. The smallest absolute Gasteiger partial charge is 0.111 e. The highest BCUT2D eigenvalue weighted by Gasteiger charge is 2.24. The van der Waals surface area contributed by atoms with Crippen LogP contribution in [0.4, 0.5) is 0 Å². The Bertz CT molecular complexity index is 306. The molecule has 0 amide bonds. The van der Waals surface area contributed by atoms with E-state index in [4.69, 9.17) is 0 Å². The highest BCUT2D eigenvalue weighted by atomic mass is 15.1. The molecule has 0 aromatic carbocycles. The molecule has 15 heavy (non-hydrogen) atoms. The van der Waals surface area contributed by atoms with Crippen LogP contribution in [0.3, 0.4) is 0 Å². The van der Waals surface area contributed by atoms with Gasteiger partial charge in [-0.3, -0.25) is 0 Å². The third-order valence-electron chi connectivity index (χ3n) is 3.54. The van der Waals surface area contributed by atoms with Crippen molar-refractivity contribution in [3.05, 3.63) is 18.2 Å². The van der Waals surface area contributed by atoms with Gasteiger partial charge in [-0.15, -0.1) is 0 Å². The first-order valence-electron chi connectivity index (χ1n) is 6.03. The number of hydrogen-bond acceptors (Lipinski definition) is 2. The summed E-state index contributed by atoms with van der Waals surface area (Å²) in [6.07, 6.45) is 9.22. The molecule has 1 aromatic rings. The van der Waals surface area contributed by atoms with Crippen molar-refractivity contribution in [1.82, 2.24) is 14.9 Å². The van der Waals surface area contributed by atoms with E-state index in [9.17, 15) is 0 Å². The maximum atomic E-state index is 4.51. The Morgan fingerprint density at radius 1 is 1.53 bits per heavy atom. The van der Waals surface area contributed by atoms with Crippen LogP contribution in [0.1, 0.15) is 44.3 Å². The molecule has 0 spiro atoms. The van der Waals surface area contributed by atoms with Gasteiger partial charge in [-0.25, -0.2) is 4.98 Å². The number of hydrogen-bond donors (Lipinski definition) is 1. The first kappa shape index (κ1) is 10.7. The Morgan fingerprint density at radius 2 is 2.40 bits per heavy atom. The van der Waals surface area contributed by atoms with Gasteiger partial charge in [0.25, 0.3) is 0 Å². The van der Waals surface area contributed by atoms with Crippen LogP contribution in [-0.4, -0.2) is 22.6 Å². The van der Waals surface area contributed by atoms with E-state index >= 15 is 0 Å². The topological polar surface area (TPSA) is 29.9 Å². The predicted molar refractivity (Wildman–Crippen MR) is 62.0 cm³/mol. The summed E-state index contributed by atoms with van der Waals surface area (Å²) in [4.78, 5) is 4.51. The van der Waals surface area contributed by atoms with Crippen LogP contribution in [0.25, 0.3) is 0 Å². The Hall–Kier alpha value is -0.830. The summed E-state index contributed by atoms with van der Waals surface area (Å²) in [6.45, 7) is 3.22. The summed E-state index contributed by atoms with van der Waals surface area (Å²) in [7, 11) is 2.07. The summed E-state index contributed by atoms with van der Waals surface area (Å²) >= 11 is 0. The molecule has 3 heteroatoms. The van der Waals surface area contributed by atoms with E-state index in [0.717, 1.165) is 6.54 Å². The third-order valence-corrected chi connectivity index (χ3v) is 3.54. The minimum Gasteiger partial charge on any atom is -0.335 e. The highest BCUT2D eigenvalue weighted by molar-refractivity contribution is 5.03. The lowest BCUT2D eigenvalue weighted by Crippen LogP contribution is -2.31. The Kier molecular flexibility index (Phi) is 3.41. The van der Waals surface area contributed by atoms with Crippen molar-refractivity contribution in [2.24, 2.45) is 0 Å². The van der Waals surface area contributed by atoms with Gasteiger partial charge < -0.3 is 9.88 Å². The maximum absolute atomic E-state index is 4.51. The third kappa shape index (κ3) is 2.23. The average molecular weight is 207 g/mol. The molecule has 3 nitrogen and oxygen atoms in total. The van der Waals surface area contributed by atoms with E-state index in [1.807, 2.05) is 6.20 Å². The van der Waals surface area contributed by atoms with Crippen molar-refractivity contribution < 1.29 is 0 Å². The zero-order valence-corrected chi connectivity index (χ0v) is 9.74. The first-order chi connectivity index (χ1) is 7.35. The van der Waals surface area contributed by atoms with E-state index in [1.54, 1.807) is 0 Å². The quantitative estimate of drug-likeness (QED) is 0.823. The Morgan fingerprint density at radius 3 is 3.13 bits per heavy atom. The standard InChI is InChI=1S/C12H21N3/c1-3-15-8-7-14-12(15)10-5-4-6-11(9-10)13-2/h7-8,10-11,13H,3-6,9H2,1-2H3. The van der Waals surface area contributed by atoms with Gasteiger partial charge in [-0.05, 0) is 33.2 Å². The van der Waals surface area contributed by atoms with E-state index < -0.39 is 0 Å². The lowest BCUT2D eigenvalue weighted by molar-refractivity contribution is 0.341. The number of aromatic nitrogens is 2. The van der Waals surface area contributed by atoms with E-state index in [1.165, 1.54) is 31.5 Å². The zero-order chi connectivity index (χ0) is 10.7. The number of rotatable bonds is 3. The number of nitrogens with zero attached hydrogens (tertiary/aromatic N) is 2. The molecular formula is C12H21N3. The van der Waals surface area contributed by atoms with Crippen LogP contribution in [0.15, 0.2) is 12.4 Å². The van der Waals surface area contributed by atoms with Gasteiger partial charge in [-0.1, -0.05) is 6.42 Å². The minimum atomic E-state index is 0.658. The maximum Gasteiger partial charge on any atom is 0.111 e. The second-order valence-electron chi connectivity index (χ2n) is 4.42. The fourth-order valence-corrected chi connectivity index (χ4v) is 2.63. The molecule has 2 rings (SSSR count). The Labute approximate surface area is 91.9 Å². The number of nitrogens with one attached hydrogen (secondary N) is 1. The van der Waals surface area contributed by atoms with Crippen LogP contribution < -0.4 is 5.32 Å². The van der Waals surface area contributed by atoms with Crippen molar-refractivity contribution in [2.75, 3.05) is 7.05 Å². The average Bonchev–Trinajstić information content (AvgIpc) is 2.77. The highest BCUT2D eigenvalue weighted by Crippen LogP contribution is 2.31. The number of aryl methyl sites for hydroxylation is 1. The van der Waals surface area contributed by atoms with Crippen molar-refractivity contribution in [3.8, 4) is 0 Å². The molecule has 1 aliphatic carbocycles. The molecule has 1 aromatic heterocycles. The second-order valence-corrected chi connectivity index (χ2v) is 4.42. The molecule has 84 valence electrons. The van der Waals surface area contributed by atoms with Crippen LogP contribution in [0.2, 0.25) is 0 Å². The molecule has 1 aliphatic rings. The zero-order valence-electron chi connectivity index (χ0n) is 9.74. The van der Waals surface area contributed by atoms with Crippen LogP contribution in [0, 0.1) is 0 Å². The lowest BCUT2D eigenvalue weighted by atomic mass is 9.85. The Balaban J connectivity index is 2.09. The normalized spacial score (nSPS) is 26.8. The fourth-order valence-electron chi connectivity index (χ4n) is 2.63. The van der Waals surface area contributed by atoms with Crippen LogP contribution in [0.5, 0.6) is 0 Å². The summed E-state index contributed by atoms with van der Waals surface area (Å²) < 4.78 is 2.28. The summed E-state index contributed by atoms with van der Waals surface area (Å²) in [5, 5.41) is 3.40. The van der Waals surface area contributed by atoms with E-state index in [2.05, 4.69) is 35.0 Å². The van der Waals surface area contributed by atoms with Gasteiger partial charge in [-0.2, -0.15) is 0 Å². The largest absolute Gasteiger partial charge is 0.335 e. The minimum absolute atomic E-state index is 0.658. The van der Waals surface area contributed by atoms with Gasteiger partial charge in [0.05, 0.1) is 0 Å². The monoisotopic (exact) mass is 207 g/mol. The molecule has 0 bridgehead atoms. The predicted octanol–water partition coefficient (Wildman–Crippen LogP) is 2.15. The van der Waals surface area contributed by atoms with Crippen LogP contribution in [-0.2, 0) is 6.54 Å². The van der Waals surface area contributed by atoms with Gasteiger partial charge in [0, 0.05) is 30.9 Å². The molecule has 2 unspecified atom stereocenters. The summed E-state index contributed by atoms with van der Waals surface area (Å²) in [5.74, 6) is 1.95. The van der Waals surface area contributed by atoms with Gasteiger partial charge in [0.2, 0.25) is 0 Å². The van der Waals surface area contributed by atoms with Crippen molar-refractivity contribution in [3.63, 3.8) is 0 Å².